The number of halogens is 3. The summed E-state index contributed by atoms with van der Waals surface area (Å²) in [6.45, 7) is 0.162. The maximum absolute atomic E-state index is 12.9. The number of aryl methyl sites for hydroxylation is 1. The van der Waals surface area contributed by atoms with Crippen molar-refractivity contribution in [3.8, 4) is 17.1 Å². The van der Waals surface area contributed by atoms with Crippen LogP contribution in [0.5, 0.6) is 5.75 Å². The number of aromatic nitrogens is 2. The zero-order valence-corrected chi connectivity index (χ0v) is 16.0. The topological polar surface area (TPSA) is 74.5 Å². The van der Waals surface area contributed by atoms with E-state index in [1.165, 1.54) is 12.1 Å². The van der Waals surface area contributed by atoms with Gasteiger partial charge >= 0.3 is 5.97 Å². The Morgan fingerprint density at radius 2 is 1.79 bits per heavy atom. The van der Waals surface area contributed by atoms with Crippen molar-refractivity contribution in [2.75, 3.05) is 13.2 Å². The van der Waals surface area contributed by atoms with Gasteiger partial charge in [0.15, 0.2) is 5.75 Å². The first-order valence-corrected chi connectivity index (χ1v) is 9.09. The van der Waals surface area contributed by atoms with Crippen LogP contribution >= 0.6 is 23.2 Å². The third kappa shape index (κ3) is 5.43. The van der Waals surface area contributed by atoms with Gasteiger partial charge < -0.3 is 14.0 Å². The van der Waals surface area contributed by atoms with Crippen LogP contribution < -0.4 is 4.74 Å². The van der Waals surface area contributed by atoms with Gasteiger partial charge in [-0.25, -0.2) is 4.39 Å². The Balaban J connectivity index is 1.40. The number of nitrogens with zero attached hydrogens (tertiary/aromatic N) is 2. The van der Waals surface area contributed by atoms with Crippen LogP contribution in [0.2, 0.25) is 10.0 Å². The van der Waals surface area contributed by atoms with E-state index in [1.807, 2.05) is 0 Å². The average molecular weight is 425 g/mol. The summed E-state index contributed by atoms with van der Waals surface area (Å²) in [7, 11) is 0. The number of carbonyl (C=O) groups excluding carboxylic acids is 1. The van der Waals surface area contributed by atoms with Crippen LogP contribution in [-0.4, -0.2) is 29.3 Å². The third-order valence-corrected chi connectivity index (χ3v) is 4.22. The van der Waals surface area contributed by atoms with E-state index >= 15 is 0 Å². The summed E-state index contributed by atoms with van der Waals surface area (Å²) >= 11 is 12.0. The molecule has 0 saturated heterocycles. The normalized spacial score (nSPS) is 10.7. The highest BCUT2D eigenvalue weighted by Crippen LogP contribution is 2.32. The van der Waals surface area contributed by atoms with Gasteiger partial charge in [-0.2, -0.15) is 4.98 Å². The lowest BCUT2D eigenvalue weighted by molar-refractivity contribution is -0.144. The lowest BCUT2D eigenvalue weighted by Crippen LogP contribution is -2.13. The van der Waals surface area contributed by atoms with Gasteiger partial charge in [0.1, 0.15) is 19.0 Å². The fraction of sp³-hybridized carbons (Fsp3) is 0.211. The molecule has 0 atom stereocenters. The Bertz CT molecular complexity index is 927. The van der Waals surface area contributed by atoms with Crippen molar-refractivity contribution in [1.29, 1.82) is 0 Å². The number of hydrogen-bond donors (Lipinski definition) is 0. The van der Waals surface area contributed by atoms with Gasteiger partial charge in [0.05, 0.1) is 16.5 Å². The van der Waals surface area contributed by atoms with Gasteiger partial charge in [-0.15, -0.1) is 0 Å². The lowest BCUT2D eigenvalue weighted by atomic mass is 10.2. The number of benzene rings is 2. The highest BCUT2D eigenvalue weighted by atomic mass is 35.5. The number of rotatable bonds is 8. The van der Waals surface area contributed by atoms with Gasteiger partial charge in [0.25, 0.3) is 0 Å². The van der Waals surface area contributed by atoms with E-state index in [1.54, 1.807) is 30.3 Å². The molecule has 1 heterocycles. The number of para-hydroxylation sites is 1. The molecule has 1 aromatic heterocycles. The van der Waals surface area contributed by atoms with Crippen molar-refractivity contribution in [1.82, 2.24) is 10.1 Å². The Morgan fingerprint density at radius 3 is 2.50 bits per heavy atom. The Morgan fingerprint density at radius 1 is 1.07 bits per heavy atom. The molecular formula is C19H15Cl2FN2O4. The van der Waals surface area contributed by atoms with Gasteiger partial charge in [-0.3, -0.25) is 4.79 Å². The van der Waals surface area contributed by atoms with Crippen molar-refractivity contribution in [3.05, 3.63) is 64.2 Å². The molecular weight excluding hydrogens is 410 g/mol. The van der Waals surface area contributed by atoms with E-state index < -0.39 is 5.97 Å². The monoisotopic (exact) mass is 424 g/mol. The second kappa shape index (κ2) is 9.52. The van der Waals surface area contributed by atoms with Crippen molar-refractivity contribution >= 4 is 29.2 Å². The summed E-state index contributed by atoms with van der Waals surface area (Å²) in [6, 6.07) is 10.7. The van der Waals surface area contributed by atoms with Crippen LogP contribution in [0.25, 0.3) is 11.4 Å². The molecule has 0 spiro atoms. The third-order valence-electron chi connectivity index (χ3n) is 3.63. The van der Waals surface area contributed by atoms with Crippen LogP contribution in [0.4, 0.5) is 4.39 Å². The van der Waals surface area contributed by atoms with Crippen LogP contribution in [0.1, 0.15) is 12.3 Å². The Kier molecular flexibility index (Phi) is 6.84. The van der Waals surface area contributed by atoms with Crippen molar-refractivity contribution in [3.63, 3.8) is 0 Å². The summed E-state index contributed by atoms with van der Waals surface area (Å²) in [4.78, 5) is 16.0. The molecule has 0 aliphatic heterocycles. The van der Waals surface area contributed by atoms with Crippen LogP contribution in [-0.2, 0) is 16.0 Å². The van der Waals surface area contributed by atoms with E-state index in [4.69, 9.17) is 37.2 Å². The molecule has 146 valence electrons. The molecule has 0 fully saturated rings. The maximum atomic E-state index is 12.9. The molecule has 0 aliphatic rings. The first-order valence-electron chi connectivity index (χ1n) is 8.34. The minimum Gasteiger partial charge on any atom is -0.487 e. The molecule has 6 nitrogen and oxygen atoms in total. The lowest BCUT2D eigenvalue weighted by Gasteiger charge is -2.09. The molecule has 0 amide bonds. The van der Waals surface area contributed by atoms with E-state index in [-0.39, 0.29) is 37.8 Å². The average Bonchev–Trinajstić information content (AvgIpc) is 3.15. The molecule has 0 radical (unpaired) electrons. The number of esters is 1. The maximum Gasteiger partial charge on any atom is 0.306 e. The molecule has 3 aromatic rings. The predicted octanol–water partition coefficient (Wildman–Crippen LogP) is 4.74. The largest absolute Gasteiger partial charge is 0.487 e. The minimum absolute atomic E-state index is 0.0467. The summed E-state index contributed by atoms with van der Waals surface area (Å²) in [5, 5.41) is 4.58. The molecule has 0 saturated carbocycles. The smallest absolute Gasteiger partial charge is 0.306 e. The summed E-state index contributed by atoms with van der Waals surface area (Å²) < 4.78 is 28.6. The summed E-state index contributed by atoms with van der Waals surface area (Å²) in [6.07, 6.45) is 0.294. The van der Waals surface area contributed by atoms with Gasteiger partial charge in [-0.05, 0) is 36.4 Å². The van der Waals surface area contributed by atoms with Crippen LogP contribution in [0.3, 0.4) is 0 Å². The Hall–Kier alpha value is -2.64. The molecule has 0 aliphatic carbocycles. The fourth-order valence-electron chi connectivity index (χ4n) is 2.27. The molecule has 3 rings (SSSR count). The van der Waals surface area contributed by atoms with Crippen molar-refractivity contribution in [2.24, 2.45) is 0 Å². The minimum atomic E-state index is -0.435. The summed E-state index contributed by atoms with van der Waals surface area (Å²) in [5.41, 5.74) is 0.620. The zero-order valence-electron chi connectivity index (χ0n) is 14.5. The SMILES string of the molecule is O=C(CCc1nc(-c2ccc(F)cc2)no1)OCCOc1c(Cl)cccc1Cl. The molecule has 28 heavy (non-hydrogen) atoms. The second-order valence-corrected chi connectivity index (χ2v) is 6.45. The number of carbonyl (C=O) groups is 1. The van der Waals surface area contributed by atoms with E-state index in [9.17, 15) is 9.18 Å². The summed E-state index contributed by atoms with van der Waals surface area (Å²) in [5.74, 6) is 0.177. The van der Waals surface area contributed by atoms with Gasteiger partial charge in [0, 0.05) is 12.0 Å². The highest BCUT2D eigenvalue weighted by molar-refractivity contribution is 6.37. The fourth-order valence-corrected chi connectivity index (χ4v) is 2.78. The quantitative estimate of drug-likeness (QED) is 0.384. The molecule has 0 bridgehead atoms. The van der Waals surface area contributed by atoms with Crippen LogP contribution in [0, 0.1) is 5.82 Å². The first-order chi connectivity index (χ1) is 13.5. The molecule has 9 heteroatoms. The molecule has 2 aromatic carbocycles. The van der Waals surface area contributed by atoms with E-state index in [0.29, 0.717) is 27.2 Å². The second-order valence-electron chi connectivity index (χ2n) is 5.64. The predicted molar refractivity (Wildman–Crippen MR) is 101 cm³/mol. The molecule has 0 N–H and O–H groups in total. The van der Waals surface area contributed by atoms with Gasteiger partial charge in [0.2, 0.25) is 11.7 Å². The Labute approximate surface area is 170 Å². The van der Waals surface area contributed by atoms with E-state index in [0.717, 1.165) is 0 Å². The van der Waals surface area contributed by atoms with Crippen LogP contribution in [0.15, 0.2) is 47.0 Å². The number of hydrogen-bond acceptors (Lipinski definition) is 6. The highest BCUT2D eigenvalue weighted by Gasteiger charge is 2.12. The standard InChI is InChI=1S/C19H15Cl2FN2O4/c20-14-2-1-3-15(21)18(14)27-11-10-26-17(25)9-8-16-23-19(24-28-16)12-4-6-13(22)7-5-12/h1-7H,8-11H2. The molecule has 0 unspecified atom stereocenters. The van der Waals surface area contributed by atoms with E-state index in [2.05, 4.69) is 10.1 Å². The number of ether oxygens (including phenoxy) is 2. The van der Waals surface area contributed by atoms with Gasteiger partial charge in [-0.1, -0.05) is 34.4 Å². The zero-order chi connectivity index (χ0) is 19.9. The van der Waals surface area contributed by atoms with Crippen molar-refractivity contribution < 1.29 is 23.2 Å². The van der Waals surface area contributed by atoms with Crippen molar-refractivity contribution in [2.45, 2.75) is 12.8 Å². The first kappa shape index (κ1) is 20.1.